The molecule has 0 aliphatic heterocycles. The number of benzene rings is 1. The Morgan fingerprint density at radius 1 is 1.42 bits per heavy atom. The fraction of sp³-hybridized carbons (Fsp3) is 0.400. The molecule has 0 saturated heterocycles. The monoisotopic (exact) mass is 258 g/mol. The van der Waals surface area contributed by atoms with Crippen LogP contribution in [0.2, 0.25) is 0 Å². The van der Waals surface area contributed by atoms with Crippen molar-refractivity contribution in [3.8, 4) is 18.1 Å². The number of hydrogen-bond donors (Lipinski definition) is 2. The highest BCUT2D eigenvalue weighted by atomic mass is 16.5. The lowest BCUT2D eigenvalue weighted by atomic mass is 10.2. The lowest BCUT2D eigenvalue weighted by Gasteiger charge is -2.10. The van der Waals surface area contributed by atoms with E-state index in [2.05, 4.69) is 16.6 Å². The number of rotatable bonds is 7. The average Bonchev–Trinajstić information content (AvgIpc) is 3.21. The van der Waals surface area contributed by atoms with Gasteiger partial charge in [-0.25, -0.2) is 0 Å². The van der Waals surface area contributed by atoms with Gasteiger partial charge in [-0.3, -0.25) is 4.79 Å². The van der Waals surface area contributed by atoms with Crippen molar-refractivity contribution in [1.29, 1.82) is 0 Å². The van der Waals surface area contributed by atoms with E-state index >= 15 is 0 Å². The Kier molecular flexibility index (Phi) is 4.82. The minimum absolute atomic E-state index is 0.0459. The van der Waals surface area contributed by atoms with Gasteiger partial charge in [0, 0.05) is 18.2 Å². The Hall–Kier alpha value is -1.99. The summed E-state index contributed by atoms with van der Waals surface area (Å²) >= 11 is 0. The van der Waals surface area contributed by atoms with Gasteiger partial charge in [0.25, 0.3) is 0 Å². The van der Waals surface area contributed by atoms with Crippen molar-refractivity contribution in [3.63, 3.8) is 0 Å². The first kappa shape index (κ1) is 13.4. The fourth-order valence-electron chi connectivity index (χ4n) is 1.73. The molecule has 1 aliphatic rings. The van der Waals surface area contributed by atoms with E-state index in [1.807, 2.05) is 24.3 Å². The molecular weight excluding hydrogens is 240 g/mol. The molecule has 1 amide bonds. The molecule has 1 fully saturated rings. The standard InChI is InChI=1S/C15H18N2O2/c1-2-9-19-14-6-4-3-5-12(14)10-16-11-15(18)17-13-7-8-13/h1,3-6,13,16H,7-11H2,(H,17,18). The van der Waals surface area contributed by atoms with Crippen LogP contribution in [0.3, 0.4) is 0 Å². The molecule has 1 aromatic carbocycles. The van der Waals surface area contributed by atoms with Crippen molar-refractivity contribution in [2.75, 3.05) is 13.2 Å². The number of para-hydroxylation sites is 1. The molecule has 1 aromatic rings. The van der Waals surface area contributed by atoms with Gasteiger partial charge in [0.2, 0.25) is 5.91 Å². The van der Waals surface area contributed by atoms with E-state index in [4.69, 9.17) is 11.2 Å². The van der Waals surface area contributed by atoms with Crippen molar-refractivity contribution in [3.05, 3.63) is 29.8 Å². The topological polar surface area (TPSA) is 50.4 Å². The minimum Gasteiger partial charge on any atom is -0.481 e. The summed E-state index contributed by atoms with van der Waals surface area (Å²) in [5.41, 5.74) is 0.997. The zero-order valence-corrected chi connectivity index (χ0v) is 10.8. The van der Waals surface area contributed by atoms with Crippen LogP contribution in [0.25, 0.3) is 0 Å². The second-order valence-corrected chi connectivity index (χ2v) is 4.55. The largest absolute Gasteiger partial charge is 0.481 e. The molecule has 0 atom stereocenters. The van der Waals surface area contributed by atoms with Gasteiger partial charge in [-0.15, -0.1) is 6.42 Å². The van der Waals surface area contributed by atoms with Crippen LogP contribution in [-0.2, 0) is 11.3 Å². The third kappa shape index (κ3) is 4.65. The zero-order valence-electron chi connectivity index (χ0n) is 10.8. The van der Waals surface area contributed by atoms with Crippen LogP contribution in [0.1, 0.15) is 18.4 Å². The molecular formula is C15H18N2O2. The molecule has 1 saturated carbocycles. The SMILES string of the molecule is C#CCOc1ccccc1CNCC(=O)NC1CC1. The highest BCUT2D eigenvalue weighted by Gasteiger charge is 2.22. The van der Waals surface area contributed by atoms with E-state index in [9.17, 15) is 4.79 Å². The summed E-state index contributed by atoms with van der Waals surface area (Å²) in [5, 5.41) is 6.04. The minimum atomic E-state index is 0.0459. The maximum absolute atomic E-state index is 11.5. The van der Waals surface area contributed by atoms with Crippen molar-refractivity contribution >= 4 is 5.91 Å². The van der Waals surface area contributed by atoms with Gasteiger partial charge in [0.1, 0.15) is 12.4 Å². The van der Waals surface area contributed by atoms with Crippen molar-refractivity contribution in [2.24, 2.45) is 0 Å². The van der Waals surface area contributed by atoms with Crippen LogP contribution >= 0.6 is 0 Å². The molecule has 0 unspecified atom stereocenters. The number of carbonyl (C=O) groups is 1. The van der Waals surface area contributed by atoms with E-state index in [1.54, 1.807) is 0 Å². The average molecular weight is 258 g/mol. The highest BCUT2D eigenvalue weighted by Crippen LogP contribution is 2.18. The molecule has 2 N–H and O–H groups in total. The van der Waals surface area contributed by atoms with E-state index in [-0.39, 0.29) is 12.5 Å². The summed E-state index contributed by atoms with van der Waals surface area (Å²) in [6.45, 7) is 1.15. The number of hydrogen-bond acceptors (Lipinski definition) is 3. The molecule has 0 heterocycles. The molecule has 2 rings (SSSR count). The lowest BCUT2D eigenvalue weighted by Crippen LogP contribution is -2.34. The third-order valence-corrected chi connectivity index (χ3v) is 2.83. The second kappa shape index (κ2) is 6.81. The smallest absolute Gasteiger partial charge is 0.234 e. The van der Waals surface area contributed by atoms with E-state index < -0.39 is 0 Å². The fourth-order valence-corrected chi connectivity index (χ4v) is 1.73. The van der Waals surface area contributed by atoms with Crippen LogP contribution < -0.4 is 15.4 Å². The number of ether oxygens (including phenoxy) is 1. The van der Waals surface area contributed by atoms with Crippen LogP contribution in [0.5, 0.6) is 5.75 Å². The van der Waals surface area contributed by atoms with Gasteiger partial charge < -0.3 is 15.4 Å². The van der Waals surface area contributed by atoms with Gasteiger partial charge in [-0.2, -0.15) is 0 Å². The van der Waals surface area contributed by atoms with Crippen LogP contribution in [-0.4, -0.2) is 25.1 Å². The number of carbonyl (C=O) groups excluding carboxylic acids is 1. The van der Waals surface area contributed by atoms with Crippen LogP contribution in [0.4, 0.5) is 0 Å². The molecule has 19 heavy (non-hydrogen) atoms. The van der Waals surface area contributed by atoms with Crippen molar-refractivity contribution in [1.82, 2.24) is 10.6 Å². The first-order valence-electron chi connectivity index (χ1n) is 6.44. The van der Waals surface area contributed by atoms with Crippen LogP contribution in [0.15, 0.2) is 24.3 Å². The Morgan fingerprint density at radius 2 is 2.21 bits per heavy atom. The number of nitrogens with one attached hydrogen (secondary N) is 2. The molecule has 4 heteroatoms. The Balaban J connectivity index is 1.77. The summed E-state index contributed by atoms with van der Waals surface area (Å²) in [6, 6.07) is 8.07. The zero-order chi connectivity index (χ0) is 13.5. The van der Waals surface area contributed by atoms with Crippen LogP contribution in [0, 0.1) is 12.3 Å². The molecule has 4 nitrogen and oxygen atoms in total. The van der Waals surface area contributed by atoms with Gasteiger partial charge in [0.05, 0.1) is 6.54 Å². The van der Waals surface area contributed by atoms with E-state index in [0.717, 1.165) is 24.2 Å². The molecule has 0 aromatic heterocycles. The summed E-state index contributed by atoms with van der Waals surface area (Å²) < 4.78 is 5.44. The number of amides is 1. The van der Waals surface area contributed by atoms with Gasteiger partial charge >= 0.3 is 0 Å². The predicted octanol–water partition coefficient (Wildman–Crippen LogP) is 1.07. The molecule has 100 valence electrons. The predicted molar refractivity (Wildman–Crippen MR) is 73.6 cm³/mol. The molecule has 0 spiro atoms. The van der Waals surface area contributed by atoms with Gasteiger partial charge in [-0.05, 0) is 18.9 Å². The molecule has 1 aliphatic carbocycles. The maximum Gasteiger partial charge on any atom is 0.234 e. The number of terminal acetylenes is 1. The normalized spacial score (nSPS) is 13.6. The Bertz CT molecular complexity index is 475. The van der Waals surface area contributed by atoms with Crippen molar-refractivity contribution < 1.29 is 9.53 Å². The van der Waals surface area contributed by atoms with E-state index in [1.165, 1.54) is 0 Å². The summed E-state index contributed by atoms with van der Waals surface area (Å²) in [4.78, 5) is 11.5. The van der Waals surface area contributed by atoms with Gasteiger partial charge in [-0.1, -0.05) is 24.1 Å². The lowest BCUT2D eigenvalue weighted by molar-refractivity contribution is -0.120. The summed E-state index contributed by atoms with van der Waals surface area (Å²) in [6.07, 6.45) is 7.39. The Morgan fingerprint density at radius 3 is 2.95 bits per heavy atom. The second-order valence-electron chi connectivity index (χ2n) is 4.55. The quantitative estimate of drug-likeness (QED) is 0.719. The van der Waals surface area contributed by atoms with Gasteiger partial charge in [0.15, 0.2) is 0 Å². The first-order chi connectivity index (χ1) is 9.29. The molecule has 0 radical (unpaired) electrons. The first-order valence-corrected chi connectivity index (χ1v) is 6.44. The van der Waals surface area contributed by atoms with E-state index in [0.29, 0.717) is 19.1 Å². The molecule has 0 bridgehead atoms. The highest BCUT2D eigenvalue weighted by molar-refractivity contribution is 5.78. The van der Waals surface area contributed by atoms with Crippen molar-refractivity contribution in [2.45, 2.75) is 25.4 Å². The summed E-state index contributed by atoms with van der Waals surface area (Å²) in [7, 11) is 0. The third-order valence-electron chi connectivity index (χ3n) is 2.83. The summed E-state index contributed by atoms with van der Waals surface area (Å²) in [5.74, 6) is 3.25. The Labute approximate surface area is 113 Å². The maximum atomic E-state index is 11.5.